The van der Waals surface area contributed by atoms with E-state index in [9.17, 15) is 0 Å². The van der Waals surface area contributed by atoms with Crippen LogP contribution in [0.25, 0.3) is 0 Å². The summed E-state index contributed by atoms with van der Waals surface area (Å²) < 4.78 is 1.39. The Labute approximate surface area is 98.4 Å². The number of piperidine rings is 1. The van der Waals surface area contributed by atoms with Gasteiger partial charge in [-0.3, -0.25) is 0 Å². The normalized spacial score (nSPS) is 17.4. The van der Waals surface area contributed by atoms with Crippen molar-refractivity contribution in [2.75, 3.05) is 18.0 Å². The van der Waals surface area contributed by atoms with E-state index in [2.05, 4.69) is 23.7 Å². The van der Waals surface area contributed by atoms with Crippen molar-refractivity contribution >= 4 is 19.2 Å². The second-order valence-corrected chi connectivity index (χ2v) is 6.52. The number of aromatic nitrogens is 1. The van der Waals surface area contributed by atoms with E-state index < -0.39 is 0 Å². The SMILES string of the molecule is CC(C)Cc1c[se]c(N2CCCCC2)n1. The van der Waals surface area contributed by atoms with Gasteiger partial charge in [-0.15, -0.1) is 0 Å². The summed E-state index contributed by atoms with van der Waals surface area (Å²) >= 11 is 0.515. The fourth-order valence-corrected chi connectivity index (χ4v) is 3.91. The third-order valence-corrected chi connectivity index (χ3v) is 4.78. The maximum atomic E-state index is 4.78. The van der Waals surface area contributed by atoms with Crippen LogP contribution in [-0.2, 0) is 6.42 Å². The predicted molar refractivity (Wildman–Crippen MR) is 65.8 cm³/mol. The van der Waals surface area contributed by atoms with Gasteiger partial charge in [0, 0.05) is 0 Å². The second kappa shape index (κ2) is 5.18. The Morgan fingerprint density at radius 3 is 2.73 bits per heavy atom. The van der Waals surface area contributed by atoms with Crippen molar-refractivity contribution in [1.82, 2.24) is 4.98 Å². The molecule has 0 radical (unpaired) electrons. The molecule has 0 atom stereocenters. The average Bonchev–Trinajstić information content (AvgIpc) is 2.67. The van der Waals surface area contributed by atoms with Crippen LogP contribution < -0.4 is 4.90 Å². The molecule has 1 aromatic heterocycles. The molecule has 15 heavy (non-hydrogen) atoms. The molecule has 0 spiro atoms. The molecule has 3 heteroatoms. The van der Waals surface area contributed by atoms with Crippen molar-refractivity contribution in [2.24, 2.45) is 5.92 Å². The molecule has 0 bridgehead atoms. The monoisotopic (exact) mass is 272 g/mol. The molecule has 84 valence electrons. The number of anilines is 1. The first-order valence-corrected chi connectivity index (χ1v) is 7.79. The van der Waals surface area contributed by atoms with Crippen molar-refractivity contribution in [1.29, 1.82) is 0 Å². The van der Waals surface area contributed by atoms with E-state index in [4.69, 9.17) is 4.98 Å². The zero-order valence-electron chi connectivity index (χ0n) is 9.70. The summed E-state index contributed by atoms with van der Waals surface area (Å²) in [5.74, 6) is 0.733. The van der Waals surface area contributed by atoms with Gasteiger partial charge in [0.05, 0.1) is 0 Å². The molecular formula is C12H20N2Se. The van der Waals surface area contributed by atoms with Crippen LogP contribution in [0.2, 0.25) is 0 Å². The van der Waals surface area contributed by atoms with Gasteiger partial charge in [-0.1, -0.05) is 0 Å². The molecule has 1 aliphatic rings. The molecule has 0 aromatic carbocycles. The van der Waals surface area contributed by atoms with Crippen LogP contribution in [-0.4, -0.2) is 32.6 Å². The van der Waals surface area contributed by atoms with E-state index in [0.717, 1.165) is 12.3 Å². The fourth-order valence-electron chi connectivity index (χ4n) is 2.04. The van der Waals surface area contributed by atoms with Crippen LogP contribution in [0.3, 0.4) is 0 Å². The number of nitrogens with zero attached hydrogens (tertiary/aromatic N) is 2. The van der Waals surface area contributed by atoms with Gasteiger partial charge in [0.15, 0.2) is 0 Å². The minimum atomic E-state index is 0.515. The summed E-state index contributed by atoms with van der Waals surface area (Å²) in [5, 5.41) is 0. The molecule has 1 fully saturated rings. The predicted octanol–water partition coefficient (Wildman–Crippen LogP) is 2.33. The molecule has 0 aliphatic carbocycles. The molecule has 0 unspecified atom stereocenters. The summed E-state index contributed by atoms with van der Waals surface area (Å²) in [6.45, 7) is 7.01. The van der Waals surface area contributed by atoms with Crippen LogP contribution >= 0.6 is 0 Å². The van der Waals surface area contributed by atoms with E-state index in [1.807, 2.05) is 0 Å². The van der Waals surface area contributed by atoms with Gasteiger partial charge in [-0.2, -0.15) is 0 Å². The Hall–Kier alpha value is -0.271. The molecule has 2 heterocycles. The van der Waals surface area contributed by atoms with Crippen LogP contribution in [0.5, 0.6) is 0 Å². The van der Waals surface area contributed by atoms with Crippen molar-refractivity contribution in [3.8, 4) is 0 Å². The third kappa shape index (κ3) is 3.09. The Balaban J connectivity index is 1.99. The van der Waals surface area contributed by atoms with E-state index in [0.29, 0.717) is 14.5 Å². The summed E-state index contributed by atoms with van der Waals surface area (Å²) in [6.07, 6.45) is 5.27. The van der Waals surface area contributed by atoms with E-state index in [-0.39, 0.29) is 0 Å². The third-order valence-electron chi connectivity index (χ3n) is 2.78. The van der Waals surface area contributed by atoms with Gasteiger partial charge in [-0.25, -0.2) is 0 Å². The first kappa shape index (κ1) is 11.2. The molecule has 1 aliphatic heterocycles. The zero-order valence-corrected chi connectivity index (χ0v) is 11.4. The fraction of sp³-hybridized carbons (Fsp3) is 0.750. The molecule has 1 aromatic rings. The van der Waals surface area contributed by atoms with Gasteiger partial charge in [-0.05, 0) is 0 Å². The average molecular weight is 271 g/mol. The van der Waals surface area contributed by atoms with Crippen molar-refractivity contribution in [3.63, 3.8) is 0 Å². The molecule has 1 saturated heterocycles. The van der Waals surface area contributed by atoms with Crippen LogP contribution in [0.1, 0.15) is 38.8 Å². The Kier molecular flexibility index (Phi) is 3.87. The molecule has 0 saturated carbocycles. The summed E-state index contributed by atoms with van der Waals surface area (Å²) in [7, 11) is 0. The summed E-state index contributed by atoms with van der Waals surface area (Å²) in [4.78, 5) is 9.66. The summed E-state index contributed by atoms with van der Waals surface area (Å²) in [5.41, 5.74) is 1.34. The van der Waals surface area contributed by atoms with Crippen LogP contribution in [0.4, 0.5) is 4.69 Å². The van der Waals surface area contributed by atoms with Gasteiger partial charge < -0.3 is 0 Å². The molecule has 2 rings (SSSR count). The first-order valence-electron chi connectivity index (χ1n) is 5.95. The van der Waals surface area contributed by atoms with Gasteiger partial charge >= 0.3 is 98.3 Å². The van der Waals surface area contributed by atoms with Gasteiger partial charge in [0.25, 0.3) is 0 Å². The molecule has 2 nitrogen and oxygen atoms in total. The first-order chi connectivity index (χ1) is 7.25. The van der Waals surface area contributed by atoms with Gasteiger partial charge in [0.2, 0.25) is 0 Å². The Morgan fingerprint density at radius 1 is 1.33 bits per heavy atom. The van der Waals surface area contributed by atoms with Crippen molar-refractivity contribution < 1.29 is 0 Å². The maximum absolute atomic E-state index is 4.78. The van der Waals surface area contributed by atoms with E-state index in [1.54, 1.807) is 0 Å². The molecular weight excluding hydrogens is 251 g/mol. The molecule has 0 amide bonds. The number of hydrogen-bond acceptors (Lipinski definition) is 2. The quantitative estimate of drug-likeness (QED) is 0.784. The zero-order chi connectivity index (χ0) is 10.7. The van der Waals surface area contributed by atoms with Gasteiger partial charge in [0.1, 0.15) is 0 Å². The van der Waals surface area contributed by atoms with E-state index >= 15 is 0 Å². The van der Waals surface area contributed by atoms with Crippen molar-refractivity contribution in [2.45, 2.75) is 39.5 Å². The topological polar surface area (TPSA) is 16.1 Å². The Bertz CT molecular complexity index is 300. The second-order valence-electron chi connectivity index (χ2n) is 4.77. The molecule has 0 N–H and O–H groups in total. The van der Waals surface area contributed by atoms with E-state index in [1.165, 1.54) is 42.7 Å². The minimum absolute atomic E-state index is 0.515. The Morgan fingerprint density at radius 2 is 2.07 bits per heavy atom. The standard InChI is InChI=1S/C12H20N2Se/c1-10(2)8-11-9-15-12(13-11)14-6-4-3-5-7-14/h9-10H,3-8H2,1-2H3. The number of rotatable bonds is 3. The van der Waals surface area contributed by atoms with Crippen LogP contribution in [0.15, 0.2) is 4.94 Å². The van der Waals surface area contributed by atoms with Crippen LogP contribution in [0, 0.1) is 5.92 Å². The summed E-state index contributed by atoms with van der Waals surface area (Å²) in [6, 6.07) is 0. The van der Waals surface area contributed by atoms with Crippen molar-refractivity contribution in [3.05, 3.63) is 10.6 Å². The number of hydrogen-bond donors (Lipinski definition) is 0.